The van der Waals surface area contributed by atoms with Gasteiger partial charge in [0.2, 0.25) is 15.8 Å². The van der Waals surface area contributed by atoms with E-state index >= 15 is 4.39 Å². The van der Waals surface area contributed by atoms with Gasteiger partial charge in [-0.25, -0.2) is 22.2 Å². The first-order chi connectivity index (χ1) is 15.7. The van der Waals surface area contributed by atoms with Crippen LogP contribution in [0.2, 0.25) is 5.02 Å². The Balaban J connectivity index is 1.79. The van der Waals surface area contributed by atoms with Crippen molar-refractivity contribution in [2.45, 2.75) is 13.3 Å². The number of anilines is 1. The lowest BCUT2D eigenvalue weighted by Gasteiger charge is -2.11. The van der Waals surface area contributed by atoms with Crippen LogP contribution in [0.3, 0.4) is 0 Å². The van der Waals surface area contributed by atoms with Gasteiger partial charge in [-0.1, -0.05) is 36.7 Å². The first-order valence-electron chi connectivity index (χ1n) is 9.84. The molecule has 0 aliphatic heterocycles. The average molecular weight is 491 g/mol. The molecule has 2 aromatic carbocycles. The van der Waals surface area contributed by atoms with Gasteiger partial charge >= 0.3 is 0 Å². The lowest BCUT2D eigenvalue weighted by molar-refractivity contribution is 0.103. The molecule has 4 rings (SSSR count). The zero-order valence-corrected chi connectivity index (χ0v) is 18.8. The van der Waals surface area contributed by atoms with Gasteiger partial charge in [0.25, 0.3) is 0 Å². The number of nitrogens with one attached hydrogen (secondary N) is 2. The fourth-order valence-corrected chi connectivity index (χ4v) is 4.73. The predicted octanol–water partition coefficient (Wildman–Crippen LogP) is 4.94. The van der Waals surface area contributed by atoms with Gasteiger partial charge in [-0.05, 0) is 30.7 Å². The van der Waals surface area contributed by atoms with E-state index in [1.54, 1.807) is 43.5 Å². The van der Waals surface area contributed by atoms with Crippen LogP contribution in [0.5, 0.6) is 0 Å². The van der Waals surface area contributed by atoms with Crippen LogP contribution in [0.15, 0.2) is 48.7 Å². The van der Waals surface area contributed by atoms with Crippen LogP contribution in [0.4, 0.5) is 14.5 Å². The zero-order valence-electron chi connectivity index (χ0n) is 17.2. The number of H-pyrrole nitrogens is 1. The molecule has 0 saturated heterocycles. The van der Waals surface area contributed by atoms with Gasteiger partial charge in [-0.15, -0.1) is 0 Å². The van der Waals surface area contributed by atoms with E-state index in [2.05, 4.69) is 15.2 Å². The molecule has 2 aromatic heterocycles. The van der Waals surface area contributed by atoms with Crippen LogP contribution in [0, 0.1) is 11.6 Å². The van der Waals surface area contributed by atoms with Crippen LogP contribution < -0.4 is 4.72 Å². The Bertz CT molecular complexity index is 1490. The molecule has 2 N–H and O–H groups in total. The van der Waals surface area contributed by atoms with Gasteiger partial charge < -0.3 is 0 Å². The number of aromatic amines is 1. The zero-order chi connectivity index (χ0) is 23.8. The highest BCUT2D eigenvalue weighted by molar-refractivity contribution is 7.92. The molecule has 11 heteroatoms. The first kappa shape index (κ1) is 22.8. The molecule has 0 saturated carbocycles. The minimum Gasteiger partial charge on any atom is -0.287 e. The molecule has 7 nitrogen and oxygen atoms in total. The van der Waals surface area contributed by atoms with Crippen LogP contribution in [0.25, 0.3) is 22.2 Å². The summed E-state index contributed by atoms with van der Waals surface area (Å²) < 4.78 is 55.2. The summed E-state index contributed by atoms with van der Waals surface area (Å²) in [6.45, 7) is 1.61. The quantitative estimate of drug-likeness (QED) is 0.357. The fourth-order valence-electron chi connectivity index (χ4n) is 3.34. The van der Waals surface area contributed by atoms with Crippen molar-refractivity contribution in [1.82, 2.24) is 15.2 Å². The molecule has 0 aliphatic carbocycles. The van der Waals surface area contributed by atoms with Gasteiger partial charge in [0.05, 0.1) is 16.7 Å². The van der Waals surface area contributed by atoms with Gasteiger partial charge in [-0.3, -0.25) is 14.6 Å². The smallest absolute Gasteiger partial charge is 0.232 e. The van der Waals surface area contributed by atoms with Gasteiger partial charge in [-0.2, -0.15) is 5.10 Å². The molecule has 0 radical (unpaired) electrons. The SMILES string of the molecule is CCCS(=O)(=O)Nc1c(F)ccc(C(=O)c2n[nH]c3ncc(-c4ccccc4Cl)cc23)c1F. The van der Waals surface area contributed by atoms with Crippen LogP contribution in [0.1, 0.15) is 29.4 Å². The summed E-state index contributed by atoms with van der Waals surface area (Å²) in [6.07, 6.45) is 1.80. The molecule has 0 aliphatic rings. The number of sulfonamides is 1. The molecular formula is C22H17ClF2N4O3S. The highest BCUT2D eigenvalue weighted by atomic mass is 35.5. The molecule has 0 spiro atoms. The maximum absolute atomic E-state index is 15.1. The van der Waals surface area contributed by atoms with E-state index < -0.39 is 38.7 Å². The third kappa shape index (κ3) is 4.44. The maximum Gasteiger partial charge on any atom is 0.232 e. The summed E-state index contributed by atoms with van der Waals surface area (Å²) >= 11 is 6.25. The molecular weight excluding hydrogens is 474 g/mol. The summed E-state index contributed by atoms with van der Waals surface area (Å²) in [5, 5.41) is 7.34. The second kappa shape index (κ2) is 8.87. The number of carbonyl (C=O) groups is 1. The largest absolute Gasteiger partial charge is 0.287 e. The van der Waals surface area contributed by atoms with Crippen molar-refractivity contribution in [3.8, 4) is 11.1 Å². The summed E-state index contributed by atoms with van der Waals surface area (Å²) in [5.41, 5.74) is -0.0455. The average Bonchev–Trinajstić information content (AvgIpc) is 3.20. The number of pyridine rings is 1. The Labute approximate surface area is 192 Å². The topological polar surface area (TPSA) is 105 Å². The number of hydrogen-bond donors (Lipinski definition) is 2. The Hall–Kier alpha value is -3.37. The Morgan fingerprint density at radius 1 is 1.18 bits per heavy atom. The number of halogens is 3. The van der Waals surface area contributed by atoms with E-state index in [0.717, 1.165) is 12.1 Å². The Kier molecular flexibility index (Phi) is 6.13. The molecule has 0 atom stereocenters. The van der Waals surface area contributed by atoms with E-state index in [-0.39, 0.29) is 23.5 Å². The second-order valence-electron chi connectivity index (χ2n) is 7.21. The minimum absolute atomic E-state index is 0.153. The number of carbonyl (C=O) groups excluding carboxylic acids is 1. The highest BCUT2D eigenvalue weighted by Gasteiger charge is 2.26. The highest BCUT2D eigenvalue weighted by Crippen LogP contribution is 2.31. The predicted molar refractivity (Wildman–Crippen MR) is 122 cm³/mol. The molecule has 2 heterocycles. The molecule has 0 amide bonds. The number of fused-ring (bicyclic) bond motifs is 1. The number of hydrogen-bond acceptors (Lipinski definition) is 5. The molecule has 0 fully saturated rings. The lowest BCUT2D eigenvalue weighted by atomic mass is 10.0. The van der Waals surface area contributed by atoms with Crippen molar-refractivity contribution in [3.63, 3.8) is 0 Å². The van der Waals surface area contributed by atoms with Gasteiger partial charge in [0.15, 0.2) is 11.5 Å². The van der Waals surface area contributed by atoms with E-state index in [0.29, 0.717) is 21.5 Å². The van der Waals surface area contributed by atoms with E-state index in [4.69, 9.17) is 11.6 Å². The monoisotopic (exact) mass is 490 g/mol. The third-order valence-electron chi connectivity index (χ3n) is 4.88. The standard InChI is InChI=1S/C22H17ClF2N4O3S/c1-2-9-33(31,32)29-20-17(24)8-7-14(18(20)25)21(30)19-15-10-12(11-26-22(15)28-27-19)13-5-3-4-6-16(13)23/h3-8,10-11,29H,2,9H2,1H3,(H,26,27,28). The number of rotatable bonds is 7. The summed E-state index contributed by atoms with van der Waals surface area (Å²) in [7, 11) is -3.99. The van der Waals surface area contributed by atoms with Crippen LogP contribution >= 0.6 is 11.6 Å². The Morgan fingerprint density at radius 2 is 1.94 bits per heavy atom. The molecule has 0 unspecified atom stereocenters. The normalized spacial score (nSPS) is 11.6. The third-order valence-corrected chi connectivity index (χ3v) is 6.67. The summed E-state index contributed by atoms with van der Waals surface area (Å²) in [4.78, 5) is 17.4. The van der Waals surface area contributed by atoms with Crippen molar-refractivity contribution in [2.75, 3.05) is 10.5 Å². The maximum atomic E-state index is 15.1. The lowest BCUT2D eigenvalue weighted by Crippen LogP contribution is -2.19. The van der Waals surface area contributed by atoms with Crippen LogP contribution in [-0.2, 0) is 10.0 Å². The van der Waals surface area contributed by atoms with E-state index in [1.807, 2.05) is 4.72 Å². The van der Waals surface area contributed by atoms with Crippen LogP contribution in [-0.4, -0.2) is 35.1 Å². The number of ketones is 1. The van der Waals surface area contributed by atoms with Crippen molar-refractivity contribution < 1.29 is 22.0 Å². The molecule has 170 valence electrons. The van der Waals surface area contributed by atoms with Crippen molar-refractivity contribution in [3.05, 3.63) is 76.6 Å². The molecule has 4 aromatic rings. The molecule has 33 heavy (non-hydrogen) atoms. The number of nitrogens with zero attached hydrogens (tertiary/aromatic N) is 2. The van der Waals surface area contributed by atoms with E-state index in [1.165, 1.54) is 0 Å². The fraction of sp³-hybridized carbons (Fsp3) is 0.136. The Morgan fingerprint density at radius 3 is 2.67 bits per heavy atom. The van der Waals surface area contributed by atoms with Crippen molar-refractivity contribution >= 4 is 44.1 Å². The summed E-state index contributed by atoms with van der Waals surface area (Å²) in [5.74, 6) is -3.66. The van der Waals surface area contributed by atoms with Crippen molar-refractivity contribution in [1.29, 1.82) is 0 Å². The van der Waals surface area contributed by atoms with Gasteiger partial charge in [0.1, 0.15) is 17.2 Å². The summed E-state index contributed by atoms with van der Waals surface area (Å²) in [6, 6.07) is 10.4. The van der Waals surface area contributed by atoms with Gasteiger partial charge in [0, 0.05) is 22.3 Å². The molecule has 0 bridgehead atoms. The second-order valence-corrected chi connectivity index (χ2v) is 9.46. The minimum atomic E-state index is -3.99. The number of benzene rings is 2. The van der Waals surface area contributed by atoms with Crippen molar-refractivity contribution in [2.24, 2.45) is 0 Å². The van der Waals surface area contributed by atoms with E-state index in [9.17, 15) is 17.6 Å². The first-order valence-corrected chi connectivity index (χ1v) is 11.9. The number of aromatic nitrogens is 3.